The first-order valence-electron chi connectivity index (χ1n) is 6.28. The SMILES string of the molecule is C=C(C)N(C)C(=O)CC.C=CN(C)C(C)=O.C=CNC=O. The number of amides is 3. The van der Waals surface area contributed by atoms with E-state index >= 15 is 0 Å². The molecular formula is C15H27N3O3. The number of allylic oxidation sites excluding steroid dienone is 1. The van der Waals surface area contributed by atoms with Crippen LogP contribution < -0.4 is 5.32 Å². The van der Waals surface area contributed by atoms with E-state index in [-0.39, 0.29) is 11.8 Å². The number of nitrogens with one attached hydrogen (secondary N) is 1. The van der Waals surface area contributed by atoms with Crippen LogP contribution in [-0.4, -0.2) is 42.1 Å². The Labute approximate surface area is 127 Å². The average molecular weight is 297 g/mol. The van der Waals surface area contributed by atoms with Crippen LogP contribution in [0.15, 0.2) is 37.8 Å². The number of hydrogen-bond acceptors (Lipinski definition) is 3. The normalized spacial score (nSPS) is 7.67. The Hall–Kier alpha value is -2.37. The van der Waals surface area contributed by atoms with Crippen LogP contribution in [0.2, 0.25) is 0 Å². The summed E-state index contributed by atoms with van der Waals surface area (Å²) in [6.45, 7) is 15.4. The molecule has 0 aliphatic carbocycles. The molecule has 0 aromatic carbocycles. The molecule has 0 saturated heterocycles. The molecule has 0 aromatic heterocycles. The molecule has 0 spiro atoms. The molecule has 0 aliphatic heterocycles. The van der Waals surface area contributed by atoms with Gasteiger partial charge in [0, 0.05) is 33.1 Å². The minimum Gasteiger partial charge on any atom is -0.336 e. The molecule has 0 aromatic rings. The van der Waals surface area contributed by atoms with Gasteiger partial charge >= 0.3 is 0 Å². The molecule has 6 nitrogen and oxygen atoms in total. The van der Waals surface area contributed by atoms with Crippen molar-refractivity contribution in [3.63, 3.8) is 0 Å². The monoisotopic (exact) mass is 297 g/mol. The third kappa shape index (κ3) is 17.6. The van der Waals surface area contributed by atoms with Gasteiger partial charge in [-0.2, -0.15) is 0 Å². The van der Waals surface area contributed by atoms with Crippen LogP contribution in [0.25, 0.3) is 0 Å². The fourth-order valence-electron chi connectivity index (χ4n) is 0.627. The molecule has 6 heteroatoms. The number of carbonyl (C=O) groups excluding carboxylic acids is 3. The topological polar surface area (TPSA) is 69.7 Å². The lowest BCUT2D eigenvalue weighted by atomic mass is 10.4. The molecule has 0 unspecified atom stereocenters. The molecule has 3 amide bonds. The van der Waals surface area contributed by atoms with Crippen LogP contribution >= 0.6 is 0 Å². The molecule has 21 heavy (non-hydrogen) atoms. The summed E-state index contributed by atoms with van der Waals surface area (Å²) in [6.07, 6.45) is 3.89. The number of hydrogen-bond donors (Lipinski definition) is 1. The predicted octanol–water partition coefficient (Wildman–Crippen LogP) is 1.87. The molecular weight excluding hydrogens is 270 g/mol. The van der Waals surface area contributed by atoms with Crippen LogP contribution in [0.3, 0.4) is 0 Å². The fourth-order valence-corrected chi connectivity index (χ4v) is 0.627. The van der Waals surface area contributed by atoms with Crippen molar-refractivity contribution in [2.75, 3.05) is 14.1 Å². The molecule has 0 saturated carbocycles. The highest BCUT2D eigenvalue weighted by molar-refractivity contribution is 5.77. The lowest BCUT2D eigenvalue weighted by Gasteiger charge is -2.14. The minimum atomic E-state index is 0.00926. The van der Waals surface area contributed by atoms with E-state index in [1.54, 1.807) is 19.0 Å². The smallest absolute Gasteiger partial charge is 0.226 e. The van der Waals surface area contributed by atoms with Crippen molar-refractivity contribution in [2.24, 2.45) is 0 Å². The molecule has 120 valence electrons. The molecule has 0 bridgehead atoms. The van der Waals surface area contributed by atoms with Gasteiger partial charge < -0.3 is 15.1 Å². The van der Waals surface area contributed by atoms with Gasteiger partial charge in [0.2, 0.25) is 18.2 Å². The van der Waals surface area contributed by atoms with Gasteiger partial charge in [-0.05, 0) is 19.3 Å². The summed E-state index contributed by atoms with van der Waals surface area (Å²) in [4.78, 5) is 33.2. The Bertz CT molecular complexity index is 359. The Morgan fingerprint density at radius 3 is 1.71 bits per heavy atom. The molecule has 0 radical (unpaired) electrons. The lowest BCUT2D eigenvalue weighted by Crippen LogP contribution is -2.22. The Balaban J connectivity index is -0.000000242. The fraction of sp³-hybridized carbons (Fsp3) is 0.400. The summed E-state index contributed by atoms with van der Waals surface area (Å²) in [7, 11) is 3.39. The molecule has 0 atom stereocenters. The van der Waals surface area contributed by atoms with Crippen LogP contribution in [-0.2, 0) is 14.4 Å². The summed E-state index contributed by atoms with van der Waals surface area (Å²) in [6, 6.07) is 0. The second-order valence-electron chi connectivity index (χ2n) is 3.84. The van der Waals surface area contributed by atoms with E-state index in [1.807, 2.05) is 13.8 Å². The first-order valence-corrected chi connectivity index (χ1v) is 6.28. The predicted molar refractivity (Wildman–Crippen MR) is 85.9 cm³/mol. The van der Waals surface area contributed by atoms with Crippen molar-refractivity contribution in [1.29, 1.82) is 0 Å². The summed E-state index contributed by atoms with van der Waals surface area (Å²) in [5, 5.41) is 2.19. The highest BCUT2D eigenvalue weighted by Crippen LogP contribution is 1.97. The molecule has 0 aliphatic rings. The zero-order chi connectivity index (χ0) is 17.4. The zero-order valence-corrected chi connectivity index (χ0v) is 13.7. The summed E-state index contributed by atoms with van der Waals surface area (Å²) >= 11 is 0. The van der Waals surface area contributed by atoms with Crippen LogP contribution in [0, 0.1) is 0 Å². The van der Waals surface area contributed by atoms with Gasteiger partial charge in [-0.1, -0.05) is 26.7 Å². The van der Waals surface area contributed by atoms with Crippen molar-refractivity contribution >= 4 is 18.2 Å². The second-order valence-corrected chi connectivity index (χ2v) is 3.84. The Morgan fingerprint density at radius 2 is 1.67 bits per heavy atom. The van der Waals surface area contributed by atoms with Crippen molar-refractivity contribution in [2.45, 2.75) is 27.2 Å². The minimum absolute atomic E-state index is 0.00926. The second kappa shape index (κ2) is 15.7. The molecule has 0 rings (SSSR count). The highest BCUT2D eigenvalue weighted by atomic mass is 16.2. The van der Waals surface area contributed by atoms with Crippen LogP contribution in [0.4, 0.5) is 0 Å². The zero-order valence-electron chi connectivity index (χ0n) is 13.7. The van der Waals surface area contributed by atoms with Gasteiger partial charge in [0.15, 0.2) is 0 Å². The van der Waals surface area contributed by atoms with Crippen molar-refractivity contribution in [3.8, 4) is 0 Å². The summed E-state index contributed by atoms with van der Waals surface area (Å²) < 4.78 is 0. The van der Waals surface area contributed by atoms with E-state index in [0.29, 0.717) is 12.8 Å². The maximum atomic E-state index is 10.8. The van der Waals surface area contributed by atoms with E-state index in [4.69, 9.17) is 0 Å². The standard InChI is InChI=1S/C7H13NO.C5H9NO.C3H5NO/c1-5-7(9)8(4)6(2)3;1-4-6(3)5(2)7;1-2-4-3-5/h2,5H2,1,3-4H3;4H,1H2,2-3H3;2-3H,1H2,(H,4,5). The van der Waals surface area contributed by atoms with Gasteiger partial charge in [0.05, 0.1) is 0 Å². The van der Waals surface area contributed by atoms with E-state index < -0.39 is 0 Å². The van der Waals surface area contributed by atoms with Gasteiger partial charge in [0.1, 0.15) is 0 Å². The van der Waals surface area contributed by atoms with E-state index in [9.17, 15) is 14.4 Å². The van der Waals surface area contributed by atoms with Crippen molar-refractivity contribution < 1.29 is 14.4 Å². The maximum absolute atomic E-state index is 10.8. The third-order valence-electron chi connectivity index (χ3n) is 2.21. The first-order chi connectivity index (χ1) is 9.69. The first kappa shape index (κ1) is 23.7. The van der Waals surface area contributed by atoms with Crippen LogP contribution in [0.5, 0.6) is 0 Å². The van der Waals surface area contributed by atoms with Crippen molar-refractivity contribution in [3.05, 3.63) is 37.8 Å². The van der Waals surface area contributed by atoms with Gasteiger partial charge in [-0.15, -0.1) is 0 Å². The summed E-state index contributed by atoms with van der Waals surface area (Å²) in [5.74, 6) is 0.123. The van der Waals surface area contributed by atoms with Gasteiger partial charge in [0.25, 0.3) is 0 Å². The van der Waals surface area contributed by atoms with Crippen LogP contribution in [0.1, 0.15) is 27.2 Å². The van der Waals surface area contributed by atoms with E-state index in [2.05, 4.69) is 25.1 Å². The Morgan fingerprint density at radius 1 is 1.19 bits per heavy atom. The summed E-state index contributed by atoms with van der Waals surface area (Å²) in [5.41, 5.74) is 0.793. The third-order valence-corrected chi connectivity index (χ3v) is 2.21. The largest absolute Gasteiger partial charge is 0.336 e. The Kier molecular flexibility index (Phi) is 17.7. The van der Waals surface area contributed by atoms with Crippen molar-refractivity contribution in [1.82, 2.24) is 15.1 Å². The lowest BCUT2D eigenvalue weighted by molar-refractivity contribution is -0.128. The number of carbonyl (C=O) groups is 3. The number of nitrogens with zero attached hydrogens (tertiary/aromatic N) is 2. The quantitative estimate of drug-likeness (QED) is 0.788. The molecule has 0 heterocycles. The van der Waals surface area contributed by atoms with E-state index in [0.717, 1.165) is 5.70 Å². The van der Waals surface area contributed by atoms with Gasteiger partial charge in [-0.25, -0.2) is 0 Å². The molecule has 0 fully saturated rings. The highest BCUT2D eigenvalue weighted by Gasteiger charge is 2.03. The molecule has 1 N–H and O–H groups in total. The van der Waals surface area contributed by atoms with E-state index in [1.165, 1.54) is 24.2 Å². The van der Waals surface area contributed by atoms with Gasteiger partial charge in [-0.3, -0.25) is 14.4 Å². The average Bonchev–Trinajstić information content (AvgIpc) is 2.46. The number of rotatable bonds is 5. The maximum Gasteiger partial charge on any atom is 0.226 e.